The van der Waals surface area contributed by atoms with Gasteiger partial charge in [-0.05, 0) is 0 Å². The van der Waals surface area contributed by atoms with Crippen molar-refractivity contribution in [2.45, 2.75) is 24.7 Å². The molecule has 4 atom stereocenters. The fraction of sp³-hybridized carbons (Fsp3) is 0.545. The third-order valence-electron chi connectivity index (χ3n) is 3.59. The number of fused-ring (bicyclic) bond motifs is 1. The van der Waals surface area contributed by atoms with Crippen molar-refractivity contribution in [3.05, 3.63) is 6.33 Å². The molecule has 13 nitrogen and oxygen atoms in total. The van der Waals surface area contributed by atoms with Gasteiger partial charge in [-0.25, -0.2) is 4.98 Å². The standard InChI is InChI=1S/C11H17N6O7P/c1-22-6-5(18)10(23-3-25(19,20)21)24-9(6)17-2-14-4-7(12)15-11(13)16-8(4)17/h2,5-6,9-10,18H,3H2,1H3,(H2,19,20,21)(H4,12,13,15,16)/t5?,6-,9+,10-/m0/s1. The minimum absolute atomic E-state index is 0.0723. The maximum Gasteiger partial charge on any atom is 0.351 e. The lowest BCUT2D eigenvalue weighted by Gasteiger charge is -2.19. The van der Waals surface area contributed by atoms with Crippen LogP contribution in [0.4, 0.5) is 11.8 Å². The summed E-state index contributed by atoms with van der Waals surface area (Å²) in [6, 6.07) is 0. The Kier molecular flexibility index (Phi) is 4.64. The number of aliphatic hydroxyl groups is 1. The Morgan fingerprint density at radius 3 is 2.76 bits per heavy atom. The molecular weight excluding hydrogens is 359 g/mol. The highest BCUT2D eigenvalue weighted by atomic mass is 31.2. The fourth-order valence-corrected chi connectivity index (χ4v) is 2.89. The predicted octanol–water partition coefficient (Wildman–Crippen LogP) is -1.63. The van der Waals surface area contributed by atoms with Gasteiger partial charge in [0.1, 0.15) is 17.7 Å². The molecule has 2 aromatic heterocycles. The quantitative estimate of drug-likeness (QED) is 0.374. The summed E-state index contributed by atoms with van der Waals surface area (Å²) in [5, 5.41) is 10.3. The Bertz CT molecular complexity index is 825. The molecule has 2 aromatic rings. The van der Waals surface area contributed by atoms with E-state index in [1.54, 1.807) is 0 Å². The molecule has 3 heterocycles. The normalized spacial score (nSPS) is 27.2. The molecule has 7 N–H and O–H groups in total. The smallest absolute Gasteiger partial charge is 0.351 e. The second-order valence-corrected chi connectivity index (χ2v) is 6.93. The van der Waals surface area contributed by atoms with Crippen molar-refractivity contribution in [1.29, 1.82) is 0 Å². The molecule has 0 spiro atoms. The highest BCUT2D eigenvalue weighted by Crippen LogP contribution is 2.39. The molecule has 0 radical (unpaired) electrons. The SMILES string of the molecule is CO[C@H]1C(O)[C@@H](OCP(=O)(O)O)O[C@H]1n1cnc2c(N)nc(N)nc21. The minimum atomic E-state index is -4.43. The Hall–Kier alpha value is -1.86. The first kappa shape index (κ1) is 17.9. The lowest BCUT2D eigenvalue weighted by molar-refractivity contribution is -0.167. The number of hydrogen-bond donors (Lipinski definition) is 5. The van der Waals surface area contributed by atoms with Gasteiger partial charge in [0, 0.05) is 7.11 Å². The number of ether oxygens (including phenoxy) is 3. The van der Waals surface area contributed by atoms with Gasteiger partial charge in [-0.3, -0.25) is 9.13 Å². The van der Waals surface area contributed by atoms with Crippen LogP contribution in [-0.4, -0.2) is 66.4 Å². The minimum Gasteiger partial charge on any atom is -0.385 e. The third kappa shape index (κ3) is 3.43. The van der Waals surface area contributed by atoms with E-state index < -0.39 is 38.7 Å². The summed E-state index contributed by atoms with van der Waals surface area (Å²) in [6.07, 6.45) is -4.06. The molecule has 14 heteroatoms. The molecule has 138 valence electrons. The van der Waals surface area contributed by atoms with Crippen LogP contribution in [-0.2, 0) is 18.8 Å². The second-order valence-electron chi connectivity index (χ2n) is 5.34. The van der Waals surface area contributed by atoms with Gasteiger partial charge in [-0.1, -0.05) is 0 Å². The molecular formula is C11H17N6O7P. The number of anilines is 2. The van der Waals surface area contributed by atoms with Crippen LogP contribution < -0.4 is 11.5 Å². The van der Waals surface area contributed by atoms with Gasteiger partial charge >= 0.3 is 7.60 Å². The average Bonchev–Trinajstić information content (AvgIpc) is 3.05. The lowest BCUT2D eigenvalue weighted by Crippen LogP contribution is -2.34. The Balaban J connectivity index is 1.92. The van der Waals surface area contributed by atoms with Crippen molar-refractivity contribution in [2.24, 2.45) is 0 Å². The van der Waals surface area contributed by atoms with Crippen LogP contribution in [0.1, 0.15) is 6.23 Å². The summed E-state index contributed by atoms with van der Waals surface area (Å²) in [7, 11) is -3.09. The molecule has 0 bridgehead atoms. The highest BCUT2D eigenvalue weighted by Gasteiger charge is 2.47. The van der Waals surface area contributed by atoms with Gasteiger partial charge in [0.15, 0.2) is 30.3 Å². The number of hydrogen-bond acceptors (Lipinski definition) is 10. The summed E-state index contributed by atoms with van der Waals surface area (Å²) in [4.78, 5) is 29.7. The van der Waals surface area contributed by atoms with Crippen molar-refractivity contribution in [2.75, 3.05) is 24.9 Å². The van der Waals surface area contributed by atoms with Gasteiger partial charge in [0.2, 0.25) is 5.95 Å². The summed E-state index contributed by atoms with van der Waals surface area (Å²) in [5.74, 6) is -0.00313. The van der Waals surface area contributed by atoms with E-state index in [2.05, 4.69) is 15.0 Å². The molecule has 1 aliphatic rings. The van der Waals surface area contributed by atoms with E-state index in [9.17, 15) is 9.67 Å². The van der Waals surface area contributed by atoms with E-state index in [-0.39, 0.29) is 22.9 Å². The topological polar surface area (TPSA) is 201 Å². The zero-order chi connectivity index (χ0) is 18.4. The molecule has 0 saturated carbocycles. The van der Waals surface area contributed by atoms with Crippen LogP contribution in [0.5, 0.6) is 0 Å². The third-order valence-corrected chi connectivity index (χ3v) is 4.07. The van der Waals surface area contributed by atoms with E-state index >= 15 is 0 Å². The van der Waals surface area contributed by atoms with Crippen molar-refractivity contribution >= 4 is 30.5 Å². The largest absolute Gasteiger partial charge is 0.385 e. The average molecular weight is 376 g/mol. The van der Waals surface area contributed by atoms with Gasteiger partial charge < -0.3 is 40.6 Å². The van der Waals surface area contributed by atoms with Crippen molar-refractivity contribution in [3.8, 4) is 0 Å². The summed E-state index contributed by atoms with van der Waals surface area (Å²) in [5.41, 5.74) is 11.9. The first-order chi connectivity index (χ1) is 11.7. The first-order valence-electron chi connectivity index (χ1n) is 6.99. The van der Waals surface area contributed by atoms with E-state index in [1.165, 1.54) is 18.0 Å². The second kappa shape index (κ2) is 6.46. The maximum absolute atomic E-state index is 10.9. The summed E-state index contributed by atoms with van der Waals surface area (Å²) < 4.78 is 28.1. The van der Waals surface area contributed by atoms with Crippen LogP contribution in [0.25, 0.3) is 11.2 Å². The fourth-order valence-electron chi connectivity index (χ4n) is 2.55. The predicted molar refractivity (Wildman–Crippen MR) is 82.9 cm³/mol. The lowest BCUT2D eigenvalue weighted by atomic mass is 10.2. The van der Waals surface area contributed by atoms with Crippen LogP contribution >= 0.6 is 7.60 Å². The number of nitrogen functional groups attached to an aromatic ring is 2. The van der Waals surface area contributed by atoms with E-state index in [4.69, 9.17) is 35.5 Å². The number of aromatic nitrogens is 4. The Labute approximate surface area is 140 Å². The van der Waals surface area contributed by atoms with Gasteiger partial charge in [0.05, 0.1) is 6.33 Å². The van der Waals surface area contributed by atoms with E-state index in [1.807, 2.05) is 0 Å². The van der Waals surface area contributed by atoms with Crippen LogP contribution in [0.2, 0.25) is 0 Å². The molecule has 3 rings (SSSR count). The molecule has 1 saturated heterocycles. The van der Waals surface area contributed by atoms with Crippen LogP contribution in [0.3, 0.4) is 0 Å². The number of nitrogens with two attached hydrogens (primary N) is 2. The number of rotatable bonds is 5. The molecule has 0 aliphatic carbocycles. The van der Waals surface area contributed by atoms with Crippen molar-refractivity contribution in [1.82, 2.24) is 19.5 Å². The molecule has 0 amide bonds. The molecule has 1 fully saturated rings. The number of methoxy groups -OCH3 is 1. The zero-order valence-corrected chi connectivity index (χ0v) is 13.9. The van der Waals surface area contributed by atoms with Crippen molar-refractivity contribution in [3.63, 3.8) is 0 Å². The van der Waals surface area contributed by atoms with E-state index in [0.29, 0.717) is 0 Å². The van der Waals surface area contributed by atoms with Gasteiger partial charge in [0.25, 0.3) is 0 Å². The van der Waals surface area contributed by atoms with Gasteiger partial charge in [-0.2, -0.15) is 9.97 Å². The Morgan fingerprint density at radius 1 is 1.40 bits per heavy atom. The number of aliphatic hydroxyl groups excluding tert-OH is 1. The van der Waals surface area contributed by atoms with Crippen molar-refractivity contribution < 1.29 is 33.7 Å². The molecule has 1 aliphatic heterocycles. The van der Waals surface area contributed by atoms with Gasteiger partial charge in [-0.15, -0.1) is 0 Å². The number of nitrogens with zero attached hydrogens (tertiary/aromatic N) is 4. The molecule has 25 heavy (non-hydrogen) atoms. The summed E-state index contributed by atoms with van der Waals surface area (Å²) in [6.45, 7) is 0. The van der Waals surface area contributed by atoms with Crippen LogP contribution in [0.15, 0.2) is 6.33 Å². The van der Waals surface area contributed by atoms with Crippen LogP contribution in [0, 0.1) is 0 Å². The highest BCUT2D eigenvalue weighted by molar-refractivity contribution is 7.51. The first-order valence-corrected chi connectivity index (χ1v) is 8.79. The van der Waals surface area contributed by atoms with E-state index in [0.717, 1.165) is 0 Å². The molecule has 1 unspecified atom stereocenters. The Morgan fingerprint density at radius 2 is 2.12 bits per heavy atom. The maximum atomic E-state index is 10.9. The zero-order valence-electron chi connectivity index (χ0n) is 13.0. The summed E-state index contributed by atoms with van der Waals surface area (Å²) >= 11 is 0. The number of imidazole rings is 1. The molecule has 0 aromatic carbocycles. The monoisotopic (exact) mass is 376 g/mol.